The van der Waals surface area contributed by atoms with Crippen LogP contribution in [0.15, 0.2) is 11.2 Å². The van der Waals surface area contributed by atoms with Crippen molar-refractivity contribution in [1.29, 1.82) is 0 Å². The maximum absolute atomic E-state index is 12.4. The van der Waals surface area contributed by atoms with Gasteiger partial charge in [-0.1, -0.05) is 20.3 Å². The van der Waals surface area contributed by atoms with Gasteiger partial charge in [0.05, 0.1) is 6.20 Å². The Morgan fingerprint density at radius 3 is 2.70 bits per heavy atom. The molecule has 114 valence electrons. The summed E-state index contributed by atoms with van der Waals surface area (Å²) in [6, 6.07) is 0.288. The zero-order valence-corrected chi connectivity index (χ0v) is 12.8. The van der Waals surface area contributed by atoms with Crippen molar-refractivity contribution in [2.45, 2.75) is 50.7 Å². The van der Waals surface area contributed by atoms with Crippen LogP contribution in [-0.2, 0) is 16.6 Å². The average Bonchev–Trinajstić information content (AvgIpc) is 2.86. The lowest BCUT2D eigenvalue weighted by molar-refractivity contribution is 0.199. The van der Waals surface area contributed by atoms with Crippen LogP contribution in [0.5, 0.6) is 0 Å². The molecule has 1 aromatic rings. The molecule has 1 fully saturated rings. The molecule has 0 saturated carbocycles. The number of hydrogen-bond acceptors (Lipinski definition) is 5. The van der Waals surface area contributed by atoms with E-state index in [4.69, 9.17) is 0 Å². The fraction of sp³-hybridized carbons (Fsp3) is 0.750. The second-order valence-electron chi connectivity index (χ2n) is 5.40. The summed E-state index contributed by atoms with van der Waals surface area (Å²) in [5, 5.41) is 11.6. The zero-order chi connectivity index (χ0) is 14.6. The molecule has 1 aliphatic rings. The van der Waals surface area contributed by atoms with Crippen molar-refractivity contribution in [3.63, 3.8) is 0 Å². The molecule has 0 atom stereocenters. The van der Waals surface area contributed by atoms with E-state index in [1.54, 1.807) is 11.2 Å². The predicted octanol–water partition coefficient (Wildman–Crippen LogP) is 0.587. The van der Waals surface area contributed by atoms with Crippen LogP contribution < -0.4 is 10.1 Å². The van der Waals surface area contributed by atoms with Gasteiger partial charge in [0.1, 0.15) is 0 Å². The number of hydrogen-bond donors (Lipinski definition) is 3. The van der Waals surface area contributed by atoms with Crippen molar-refractivity contribution >= 4 is 10.0 Å². The molecule has 1 saturated heterocycles. The summed E-state index contributed by atoms with van der Waals surface area (Å²) in [5.41, 5.74) is 0.656. The third-order valence-corrected chi connectivity index (χ3v) is 4.64. The summed E-state index contributed by atoms with van der Waals surface area (Å²) in [6.07, 6.45) is 4.76. The van der Waals surface area contributed by atoms with Crippen LogP contribution >= 0.6 is 0 Å². The van der Waals surface area contributed by atoms with Gasteiger partial charge in [-0.25, -0.2) is 13.4 Å². The van der Waals surface area contributed by atoms with Gasteiger partial charge in [-0.15, -0.1) is 4.83 Å². The Morgan fingerprint density at radius 2 is 2.05 bits per heavy atom. The number of nitrogens with one attached hydrogen (secondary N) is 3. The molecule has 2 heterocycles. The molecule has 0 spiro atoms. The smallest absolute Gasteiger partial charge is 0.270 e. The minimum Gasteiger partial charge on any atom is -0.310 e. The maximum Gasteiger partial charge on any atom is 0.270 e. The first kappa shape index (κ1) is 15.4. The molecule has 3 N–H and O–H groups in total. The van der Waals surface area contributed by atoms with Crippen LogP contribution in [-0.4, -0.2) is 42.8 Å². The molecule has 0 radical (unpaired) electrons. The molecule has 7 nitrogen and oxygen atoms in total. The molecular weight excluding hydrogens is 278 g/mol. The molecule has 1 aromatic heterocycles. The zero-order valence-electron chi connectivity index (χ0n) is 12.0. The Labute approximate surface area is 120 Å². The van der Waals surface area contributed by atoms with Crippen molar-refractivity contribution in [3.05, 3.63) is 11.8 Å². The molecule has 0 aromatic carbocycles. The van der Waals surface area contributed by atoms with Gasteiger partial charge in [-0.2, -0.15) is 5.10 Å². The fourth-order valence-electron chi connectivity index (χ4n) is 2.17. The van der Waals surface area contributed by atoms with Crippen LogP contribution in [0, 0.1) is 0 Å². The molecule has 0 amide bonds. The molecular formula is C12H23N5O2S. The van der Waals surface area contributed by atoms with Crippen LogP contribution in [0.1, 0.15) is 38.7 Å². The molecule has 0 bridgehead atoms. The lowest BCUT2D eigenvalue weighted by Gasteiger charge is -2.26. The van der Waals surface area contributed by atoms with E-state index < -0.39 is 10.0 Å². The van der Waals surface area contributed by atoms with E-state index in [1.165, 1.54) is 0 Å². The van der Waals surface area contributed by atoms with E-state index in [-0.39, 0.29) is 11.1 Å². The van der Waals surface area contributed by atoms with E-state index >= 15 is 0 Å². The minimum atomic E-state index is -3.58. The average molecular weight is 301 g/mol. The first-order valence-electron chi connectivity index (χ1n) is 7.02. The summed E-state index contributed by atoms with van der Waals surface area (Å²) in [7, 11) is -3.58. The summed E-state index contributed by atoms with van der Waals surface area (Å²) in [4.78, 5) is 2.63. The van der Waals surface area contributed by atoms with E-state index in [0.717, 1.165) is 32.4 Å². The van der Waals surface area contributed by atoms with Gasteiger partial charge in [0, 0.05) is 31.2 Å². The molecule has 2 rings (SSSR count). The first-order chi connectivity index (χ1) is 9.49. The SMILES string of the molecule is CC(C)NCc1cn[nH]c1S(=O)(=O)NN1CCCCC1. The Morgan fingerprint density at radius 1 is 1.35 bits per heavy atom. The van der Waals surface area contributed by atoms with Crippen molar-refractivity contribution in [1.82, 2.24) is 25.4 Å². The monoisotopic (exact) mass is 301 g/mol. The minimum absolute atomic E-state index is 0.149. The van der Waals surface area contributed by atoms with E-state index in [9.17, 15) is 8.42 Å². The van der Waals surface area contributed by atoms with E-state index in [2.05, 4.69) is 20.3 Å². The predicted molar refractivity (Wildman–Crippen MR) is 76.3 cm³/mol. The van der Waals surface area contributed by atoms with Gasteiger partial charge in [0.2, 0.25) is 0 Å². The lowest BCUT2D eigenvalue weighted by atomic mass is 10.2. The summed E-state index contributed by atoms with van der Waals surface area (Å²) in [5.74, 6) is 0. The summed E-state index contributed by atoms with van der Waals surface area (Å²) in [6.45, 7) is 6.02. The maximum atomic E-state index is 12.4. The van der Waals surface area contributed by atoms with Gasteiger partial charge < -0.3 is 5.32 Å². The van der Waals surface area contributed by atoms with Crippen molar-refractivity contribution < 1.29 is 8.42 Å². The van der Waals surface area contributed by atoms with Crippen LogP contribution in [0.25, 0.3) is 0 Å². The second kappa shape index (κ2) is 6.66. The number of piperidine rings is 1. The van der Waals surface area contributed by atoms with Gasteiger partial charge in [-0.3, -0.25) is 5.10 Å². The first-order valence-corrected chi connectivity index (χ1v) is 8.50. The Kier molecular flexibility index (Phi) is 5.14. The number of nitrogens with zero attached hydrogens (tertiary/aromatic N) is 2. The number of rotatable bonds is 6. The molecule has 1 aliphatic heterocycles. The largest absolute Gasteiger partial charge is 0.310 e. The Hall–Kier alpha value is -0.960. The van der Waals surface area contributed by atoms with Crippen LogP contribution in [0.3, 0.4) is 0 Å². The van der Waals surface area contributed by atoms with Gasteiger partial charge in [-0.05, 0) is 12.8 Å². The van der Waals surface area contributed by atoms with Gasteiger partial charge in [0.15, 0.2) is 5.03 Å². The standard InChI is InChI=1S/C12H23N5O2S/c1-10(2)13-8-11-9-14-15-12(11)20(18,19)16-17-6-4-3-5-7-17/h9-10,13,16H,3-8H2,1-2H3,(H,14,15). The normalized spacial score (nSPS) is 17.8. The third kappa shape index (κ3) is 4.02. The number of sulfonamides is 1. The van der Waals surface area contributed by atoms with Crippen LogP contribution in [0.4, 0.5) is 0 Å². The fourth-order valence-corrected chi connectivity index (χ4v) is 3.43. The van der Waals surface area contributed by atoms with Gasteiger partial charge in [0.25, 0.3) is 10.0 Å². The van der Waals surface area contributed by atoms with E-state index in [0.29, 0.717) is 12.1 Å². The third-order valence-electron chi connectivity index (χ3n) is 3.25. The van der Waals surface area contributed by atoms with Crippen molar-refractivity contribution in [2.75, 3.05) is 13.1 Å². The van der Waals surface area contributed by atoms with Crippen molar-refractivity contribution in [3.8, 4) is 0 Å². The number of hydrazine groups is 1. The topological polar surface area (TPSA) is 90.1 Å². The highest BCUT2D eigenvalue weighted by Gasteiger charge is 2.24. The van der Waals surface area contributed by atoms with Crippen LogP contribution in [0.2, 0.25) is 0 Å². The highest BCUT2D eigenvalue weighted by atomic mass is 32.2. The second-order valence-corrected chi connectivity index (χ2v) is 7.00. The Bertz CT molecular complexity index is 520. The van der Waals surface area contributed by atoms with E-state index in [1.807, 2.05) is 13.8 Å². The summed E-state index contributed by atoms with van der Waals surface area (Å²) < 4.78 is 24.8. The number of aromatic amines is 1. The quantitative estimate of drug-likeness (QED) is 0.715. The number of aromatic nitrogens is 2. The molecule has 0 unspecified atom stereocenters. The molecule has 0 aliphatic carbocycles. The van der Waals surface area contributed by atoms with Gasteiger partial charge >= 0.3 is 0 Å². The number of H-pyrrole nitrogens is 1. The highest BCUT2D eigenvalue weighted by molar-refractivity contribution is 7.89. The Balaban J connectivity index is 2.06. The molecule has 8 heteroatoms. The molecule has 20 heavy (non-hydrogen) atoms. The highest BCUT2D eigenvalue weighted by Crippen LogP contribution is 2.14. The van der Waals surface area contributed by atoms with Crippen molar-refractivity contribution in [2.24, 2.45) is 0 Å². The lowest BCUT2D eigenvalue weighted by Crippen LogP contribution is -2.45. The summed E-state index contributed by atoms with van der Waals surface area (Å²) >= 11 is 0.